The monoisotopic (exact) mass is 450 g/mol. The molecule has 0 bridgehead atoms. The van der Waals surface area contributed by atoms with Crippen molar-refractivity contribution in [2.24, 2.45) is 0 Å². The van der Waals surface area contributed by atoms with Crippen LogP contribution < -0.4 is 16.2 Å². The van der Waals surface area contributed by atoms with Crippen LogP contribution in [-0.4, -0.2) is 16.1 Å². The third-order valence-corrected chi connectivity index (χ3v) is 6.17. The third kappa shape index (κ3) is 4.76. The number of fused-ring (bicyclic) bond motifs is 1. The molecule has 0 saturated heterocycles. The third-order valence-electron chi connectivity index (χ3n) is 6.17. The number of anilines is 3. The molecule has 4 aromatic rings. The molecule has 3 N–H and O–H groups in total. The van der Waals surface area contributed by atoms with Gasteiger partial charge in [0.1, 0.15) is 0 Å². The fourth-order valence-corrected chi connectivity index (χ4v) is 4.46. The van der Waals surface area contributed by atoms with Gasteiger partial charge in [0.15, 0.2) is 0 Å². The first-order chi connectivity index (χ1) is 16.7. The first kappa shape index (κ1) is 21.6. The summed E-state index contributed by atoms with van der Waals surface area (Å²) < 4.78 is 0. The summed E-state index contributed by atoms with van der Waals surface area (Å²) in [5.74, 6) is -0.180. The van der Waals surface area contributed by atoms with Crippen LogP contribution in [-0.2, 0) is 19.3 Å². The van der Waals surface area contributed by atoms with Gasteiger partial charge in [-0.2, -0.15) is 5.10 Å². The lowest BCUT2D eigenvalue weighted by atomic mass is 9.90. The van der Waals surface area contributed by atoms with Crippen molar-refractivity contribution in [3.05, 3.63) is 117 Å². The molecule has 34 heavy (non-hydrogen) atoms. The molecule has 0 radical (unpaired) electrons. The van der Waals surface area contributed by atoms with Crippen molar-refractivity contribution in [1.82, 2.24) is 10.2 Å². The Labute approximate surface area is 198 Å². The molecule has 0 aliphatic heterocycles. The maximum absolute atomic E-state index is 13.1. The number of H-pyrrole nitrogens is 1. The van der Waals surface area contributed by atoms with Gasteiger partial charge in [0.25, 0.3) is 11.5 Å². The number of nitrogens with one attached hydrogen (secondary N) is 3. The van der Waals surface area contributed by atoms with Gasteiger partial charge in [-0.15, -0.1) is 0 Å². The Kier molecular flexibility index (Phi) is 6.21. The van der Waals surface area contributed by atoms with E-state index >= 15 is 0 Å². The fourth-order valence-electron chi connectivity index (χ4n) is 4.46. The Bertz CT molecular complexity index is 1380. The molecular formula is C28H26N4O2. The second kappa shape index (κ2) is 9.75. The fraction of sp³-hybridized carbons (Fsp3) is 0.179. The topological polar surface area (TPSA) is 86.9 Å². The summed E-state index contributed by atoms with van der Waals surface area (Å²) in [6.07, 6.45) is 4.37. The Morgan fingerprint density at radius 2 is 1.59 bits per heavy atom. The molecule has 6 nitrogen and oxygen atoms in total. The summed E-state index contributed by atoms with van der Waals surface area (Å²) in [6.45, 7) is 0. The molecule has 0 spiro atoms. The van der Waals surface area contributed by atoms with Gasteiger partial charge in [-0.1, -0.05) is 42.5 Å². The van der Waals surface area contributed by atoms with Gasteiger partial charge in [0.05, 0.1) is 17.1 Å². The van der Waals surface area contributed by atoms with E-state index in [1.165, 1.54) is 0 Å². The minimum absolute atomic E-state index is 0.0747. The Balaban J connectivity index is 1.35. The van der Waals surface area contributed by atoms with Crippen molar-refractivity contribution in [3.8, 4) is 0 Å². The van der Waals surface area contributed by atoms with E-state index in [1.54, 1.807) is 0 Å². The summed E-state index contributed by atoms with van der Waals surface area (Å²) in [6, 6.07) is 25.1. The summed E-state index contributed by atoms with van der Waals surface area (Å²) in [7, 11) is 0. The molecule has 170 valence electrons. The molecule has 0 fully saturated rings. The molecule has 1 amide bonds. The predicted octanol–water partition coefficient (Wildman–Crippen LogP) is 5.24. The number of para-hydroxylation sites is 3. The highest BCUT2D eigenvalue weighted by Crippen LogP contribution is 2.26. The first-order valence-corrected chi connectivity index (χ1v) is 11.6. The lowest BCUT2D eigenvalue weighted by Gasteiger charge is -2.17. The van der Waals surface area contributed by atoms with Crippen LogP contribution >= 0.6 is 0 Å². The summed E-state index contributed by atoms with van der Waals surface area (Å²) in [5, 5.41) is 13.4. The second-order valence-electron chi connectivity index (χ2n) is 8.53. The maximum atomic E-state index is 13.1. The SMILES string of the molecule is O=C(Nc1ccccc1Nc1ccccc1)c1cccc(Cc2n[nH]c(=O)c3c2CCCC3)c1. The number of hydrogen-bond donors (Lipinski definition) is 3. The van der Waals surface area contributed by atoms with E-state index in [1.807, 2.05) is 78.9 Å². The lowest BCUT2D eigenvalue weighted by Crippen LogP contribution is -2.23. The van der Waals surface area contributed by atoms with Crippen LogP contribution in [0.2, 0.25) is 0 Å². The highest BCUT2D eigenvalue weighted by atomic mass is 16.1. The van der Waals surface area contributed by atoms with E-state index in [9.17, 15) is 9.59 Å². The van der Waals surface area contributed by atoms with E-state index in [4.69, 9.17) is 0 Å². The van der Waals surface area contributed by atoms with Gasteiger partial charge in [-0.25, -0.2) is 5.10 Å². The number of hydrogen-bond acceptors (Lipinski definition) is 4. The number of aromatic nitrogens is 2. The van der Waals surface area contributed by atoms with Crippen LogP contribution in [0.5, 0.6) is 0 Å². The average Bonchev–Trinajstić information content (AvgIpc) is 2.88. The highest BCUT2D eigenvalue weighted by molar-refractivity contribution is 6.06. The molecular weight excluding hydrogens is 424 g/mol. The van der Waals surface area contributed by atoms with Crippen molar-refractivity contribution in [1.29, 1.82) is 0 Å². The summed E-state index contributed by atoms with van der Waals surface area (Å²) >= 11 is 0. The van der Waals surface area contributed by atoms with E-state index in [0.717, 1.165) is 59.4 Å². The van der Waals surface area contributed by atoms with Gasteiger partial charge in [0.2, 0.25) is 0 Å². The predicted molar refractivity (Wildman–Crippen MR) is 135 cm³/mol. The van der Waals surface area contributed by atoms with E-state index in [0.29, 0.717) is 17.7 Å². The number of carbonyl (C=O) groups excluding carboxylic acids is 1. The van der Waals surface area contributed by atoms with Crippen molar-refractivity contribution >= 4 is 23.0 Å². The minimum atomic E-state index is -0.180. The molecule has 1 aliphatic rings. The smallest absolute Gasteiger partial charge is 0.267 e. The van der Waals surface area contributed by atoms with Crippen LogP contribution in [0.3, 0.4) is 0 Å². The van der Waals surface area contributed by atoms with Gasteiger partial charge in [-0.3, -0.25) is 9.59 Å². The van der Waals surface area contributed by atoms with Crippen LogP contribution in [0.25, 0.3) is 0 Å². The van der Waals surface area contributed by atoms with E-state index in [2.05, 4.69) is 20.8 Å². The molecule has 1 heterocycles. The number of rotatable bonds is 6. The van der Waals surface area contributed by atoms with Crippen molar-refractivity contribution < 1.29 is 4.79 Å². The zero-order chi connectivity index (χ0) is 23.3. The standard InChI is InChI=1S/C28H26N4O2/c33-27(30-25-16-7-6-15-24(25)29-21-11-2-1-3-12-21)20-10-8-9-19(17-20)18-26-22-13-4-5-14-23(22)28(34)32-31-26/h1-3,6-12,15-17,29H,4-5,13-14,18H2,(H,30,33)(H,32,34). The quantitative estimate of drug-likeness (QED) is 0.375. The molecule has 0 atom stereocenters. The summed E-state index contributed by atoms with van der Waals surface area (Å²) in [5.41, 5.74) is 6.79. The zero-order valence-electron chi connectivity index (χ0n) is 18.8. The van der Waals surface area contributed by atoms with Crippen LogP contribution in [0.4, 0.5) is 17.1 Å². The van der Waals surface area contributed by atoms with Crippen molar-refractivity contribution in [2.75, 3.05) is 10.6 Å². The van der Waals surface area contributed by atoms with Gasteiger partial charge in [-0.05, 0) is 73.2 Å². The normalized spacial score (nSPS) is 12.6. The summed E-state index contributed by atoms with van der Waals surface area (Å²) in [4.78, 5) is 25.3. The van der Waals surface area contributed by atoms with Gasteiger partial charge >= 0.3 is 0 Å². The Morgan fingerprint density at radius 1 is 0.853 bits per heavy atom. The molecule has 6 heteroatoms. The number of amides is 1. The number of aromatic amines is 1. The molecule has 3 aromatic carbocycles. The average molecular weight is 451 g/mol. The van der Waals surface area contributed by atoms with Crippen LogP contribution in [0.15, 0.2) is 83.7 Å². The van der Waals surface area contributed by atoms with Crippen molar-refractivity contribution in [3.63, 3.8) is 0 Å². The van der Waals surface area contributed by atoms with Crippen LogP contribution in [0, 0.1) is 0 Å². The number of carbonyl (C=O) groups is 1. The second-order valence-corrected chi connectivity index (χ2v) is 8.53. The number of benzene rings is 3. The van der Waals surface area contributed by atoms with Gasteiger partial charge < -0.3 is 10.6 Å². The maximum Gasteiger partial charge on any atom is 0.267 e. The Morgan fingerprint density at radius 3 is 2.41 bits per heavy atom. The van der Waals surface area contributed by atoms with Crippen molar-refractivity contribution in [2.45, 2.75) is 32.1 Å². The molecule has 5 rings (SSSR count). The van der Waals surface area contributed by atoms with Crippen LogP contribution in [0.1, 0.15) is 45.6 Å². The molecule has 0 unspecified atom stereocenters. The minimum Gasteiger partial charge on any atom is -0.354 e. The van der Waals surface area contributed by atoms with E-state index < -0.39 is 0 Å². The number of nitrogens with zero attached hydrogens (tertiary/aromatic N) is 1. The largest absolute Gasteiger partial charge is 0.354 e. The van der Waals surface area contributed by atoms with Gasteiger partial charge in [0, 0.05) is 23.2 Å². The molecule has 0 saturated carbocycles. The molecule has 1 aliphatic carbocycles. The van der Waals surface area contributed by atoms with E-state index in [-0.39, 0.29) is 11.5 Å². The Hall–Kier alpha value is -4.19. The molecule has 1 aromatic heterocycles. The zero-order valence-corrected chi connectivity index (χ0v) is 18.8. The first-order valence-electron chi connectivity index (χ1n) is 11.6. The highest BCUT2D eigenvalue weighted by Gasteiger charge is 2.18. The lowest BCUT2D eigenvalue weighted by molar-refractivity contribution is 0.102.